The molecule has 2 saturated heterocycles. The van der Waals surface area contributed by atoms with Crippen LogP contribution in [0.1, 0.15) is 83.6 Å². The van der Waals surface area contributed by atoms with E-state index in [2.05, 4.69) is 16.0 Å². The molecule has 3 aliphatic rings. The van der Waals surface area contributed by atoms with Crippen molar-refractivity contribution in [3.05, 3.63) is 28.8 Å². The van der Waals surface area contributed by atoms with Crippen LogP contribution in [0.15, 0.2) is 18.2 Å². The quantitative estimate of drug-likeness (QED) is 0.345. The Balaban J connectivity index is 1.45. The molecule has 0 aromatic heterocycles. The predicted molar refractivity (Wildman–Crippen MR) is 150 cm³/mol. The maximum Gasteiger partial charge on any atom is 0.243 e. The number of benzene rings is 1. The minimum absolute atomic E-state index is 0.0293. The van der Waals surface area contributed by atoms with Crippen molar-refractivity contribution >= 4 is 35.0 Å². The number of hydrogen-bond donors (Lipinski definition) is 4. The van der Waals surface area contributed by atoms with Crippen molar-refractivity contribution < 1.29 is 24.2 Å². The van der Waals surface area contributed by atoms with Gasteiger partial charge in [0, 0.05) is 37.1 Å². The van der Waals surface area contributed by atoms with Gasteiger partial charge in [0.1, 0.15) is 6.04 Å². The number of ether oxygens (including phenoxy) is 1. The summed E-state index contributed by atoms with van der Waals surface area (Å²) in [4.78, 5) is 40.6. The molecule has 1 saturated carbocycles. The Kier molecular flexibility index (Phi) is 10.6. The first kappa shape index (κ1) is 29.8. The van der Waals surface area contributed by atoms with Gasteiger partial charge < -0.3 is 30.7 Å². The number of carbonyl (C=O) groups excluding carboxylic acids is 3. The summed E-state index contributed by atoms with van der Waals surface area (Å²) >= 11 is 6.51. The van der Waals surface area contributed by atoms with Crippen LogP contribution in [0.25, 0.3) is 0 Å². The lowest BCUT2D eigenvalue weighted by Gasteiger charge is -2.35. The Morgan fingerprint density at radius 3 is 2.62 bits per heavy atom. The highest BCUT2D eigenvalue weighted by molar-refractivity contribution is 6.31. The number of carbonyl (C=O) groups is 3. The molecule has 9 nitrogen and oxygen atoms in total. The average Bonchev–Trinajstić information content (AvgIpc) is 3.52. The molecular formula is C29H43ClN4O5. The van der Waals surface area contributed by atoms with Gasteiger partial charge in [-0.25, -0.2) is 0 Å². The van der Waals surface area contributed by atoms with Crippen molar-refractivity contribution in [2.75, 3.05) is 11.9 Å². The molecule has 0 radical (unpaired) electrons. The summed E-state index contributed by atoms with van der Waals surface area (Å²) < 4.78 is 5.60. The van der Waals surface area contributed by atoms with Crippen molar-refractivity contribution in [1.82, 2.24) is 15.5 Å². The number of nitrogens with one attached hydrogen (secondary N) is 3. The number of nitrogens with zero attached hydrogens (tertiary/aromatic N) is 1. The van der Waals surface area contributed by atoms with E-state index in [4.69, 9.17) is 16.3 Å². The lowest BCUT2D eigenvalue weighted by atomic mass is 9.83. The number of hydrogen-bond acceptors (Lipinski definition) is 6. The minimum Gasteiger partial charge on any atom is -0.368 e. The van der Waals surface area contributed by atoms with Crippen molar-refractivity contribution in [2.45, 2.75) is 115 Å². The molecule has 3 amide bonds. The first-order valence-corrected chi connectivity index (χ1v) is 14.9. The normalized spacial score (nSPS) is 26.4. The Morgan fingerprint density at radius 2 is 1.92 bits per heavy atom. The summed E-state index contributed by atoms with van der Waals surface area (Å²) in [5.41, 5.74) is 1.47. The Labute approximate surface area is 236 Å². The van der Waals surface area contributed by atoms with Crippen LogP contribution in [0, 0.1) is 5.92 Å². The molecule has 3 fully saturated rings. The van der Waals surface area contributed by atoms with Gasteiger partial charge in [-0.1, -0.05) is 50.3 Å². The number of amides is 3. The van der Waals surface area contributed by atoms with Crippen LogP contribution in [0.2, 0.25) is 5.02 Å². The van der Waals surface area contributed by atoms with Gasteiger partial charge in [-0.15, -0.1) is 0 Å². The SMILES string of the molecule is CCC[C@@H]1OC(O)C[C@@H]1NC(=O)[C@@H]1CCCN1C(=O)[C@@H](NCc1ccc(NC(C)=O)cc1Cl)C1CCCCC1. The predicted octanol–water partition coefficient (Wildman–Crippen LogP) is 3.72. The fourth-order valence-corrected chi connectivity index (χ4v) is 6.55. The number of aliphatic hydroxyl groups is 1. The smallest absolute Gasteiger partial charge is 0.243 e. The summed E-state index contributed by atoms with van der Waals surface area (Å²) in [6.45, 7) is 4.46. The van der Waals surface area contributed by atoms with Gasteiger partial charge in [0.25, 0.3) is 0 Å². The molecule has 0 spiro atoms. The fourth-order valence-electron chi connectivity index (χ4n) is 6.30. The van der Waals surface area contributed by atoms with E-state index in [9.17, 15) is 19.5 Å². The van der Waals surface area contributed by atoms with Crippen LogP contribution < -0.4 is 16.0 Å². The molecule has 1 unspecified atom stereocenters. The number of halogens is 1. The largest absolute Gasteiger partial charge is 0.368 e. The highest BCUT2D eigenvalue weighted by Crippen LogP contribution is 2.31. The van der Waals surface area contributed by atoms with E-state index in [1.54, 1.807) is 17.0 Å². The molecule has 216 valence electrons. The fraction of sp³-hybridized carbons (Fsp3) is 0.690. The lowest BCUT2D eigenvalue weighted by Crippen LogP contribution is -2.56. The summed E-state index contributed by atoms with van der Waals surface area (Å²) in [6, 6.07) is 4.20. The molecule has 1 aromatic carbocycles. The Morgan fingerprint density at radius 1 is 1.15 bits per heavy atom. The van der Waals surface area contributed by atoms with Crippen molar-refractivity contribution in [3.63, 3.8) is 0 Å². The number of likely N-dealkylation sites (tertiary alicyclic amines) is 1. The summed E-state index contributed by atoms with van der Waals surface area (Å²) in [5, 5.41) is 19.8. The van der Waals surface area contributed by atoms with Crippen molar-refractivity contribution in [1.29, 1.82) is 0 Å². The molecule has 39 heavy (non-hydrogen) atoms. The molecule has 1 aromatic rings. The summed E-state index contributed by atoms with van der Waals surface area (Å²) in [5.74, 6) is -0.163. The zero-order chi connectivity index (χ0) is 27.9. The monoisotopic (exact) mass is 562 g/mol. The Bertz CT molecular complexity index is 1020. The van der Waals surface area contributed by atoms with E-state index < -0.39 is 18.4 Å². The second kappa shape index (κ2) is 13.9. The number of anilines is 1. The van der Waals surface area contributed by atoms with Crippen LogP contribution in [-0.4, -0.2) is 64.8 Å². The van der Waals surface area contributed by atoms with Gasteiger partial charge in [0.2, 0.25) is 17.7 Å². The topological polar surface area (TPSA) is 120 Å². The van der Waals surface area contributed by atoms with E-state index in [1.165, 1.54) is 13.3 Å². The standard InChI is InChI=1S/C29H43ClN4O5/c1-3-8-25-23(16-26(36)39-25)33-28(37)24-11-7-14-34(24)29(38)27(19-9-5-4-6-10-19)31-17-20-12-13-21(15-22(20)30)32-18(2)35/h12-13,15,19,23-27,31,36H,3-11,14,16-17H2,1-2H3,(H,32,35)(H,33,37)/t23-,24-,25-,26?,27-/m0/s1. The first-order chi connectivity index (χ1) is 18.8. The third-order valence-electron chi connectivity index (χ3n) is 8.25. The van der Waals surface area contributed by atoms with Crippen molar-refractivity contribution in [3.8, 4) is 0 Å². The van der Waals surface area contributed by atoms with E-state index in [1.807, 2.05) is 13.0 Å². The van der Waals surface area contributed by atoms with E-state index >= 15 is 0 Å². The first-order valence-electron chi connectivity index (χ1n) is 14.5. The average molecular weight is 563 g/mol. The number of aliphatic hydroxyl groups excluding tert-OH is 1. The minimum atomic E-state index is -0.868. The second-order valence-electron chi connectivity index (χ2n) is 11.2. The third-order valence-corrected chi connectivity index (χ3v) is 8.60. The van der Waals surface area contributed by atoms with Gasteiger partial charge in [-0.2, -0.15) is 0 Å². The maximum atomic E-state index is 14.0. The molecule has 2 aliphatic heterocycles. The highest BCUT2D eigenvalue weighted by atomic mass is 35.5. The second-order valence-corrected chi connectivity index (χ2v) is 11.6. The zero-order valence-electron chi connectivity index (χ0n) is 23.1. The van der Waals surface area contributed by atoms with E-state index in [0.29, 0.717) is 36.6 Å². The summed E-state index contributed by atoms with van der Waals surface area (Å²) in [6.07, 6.45) is 7.65. The highest BCUT2D eigenvalue weighted by Gasteiger charge is 2.42. The molecule has 0 bridgehead atoms. The molecule has 5 atom stereocenters. The molecule has 4 rings (SSSR count). The molecule has 2 heterocycles. The van der Waals surface area contributed by atoms with Crippen LogP contribution in [-0.2, 0) is 25.7 Å². The van der Waals surface area contributed by atoms with E-state index in [-0.39, 0.29) is 35.8 Å². The van der Waals surface area contributed by atoms with Gasteiger partial charge in [-0.05, 0) is 55.7 Å². The number of rotatable bonds is 10. The van der Waals surface area contributed by atoms with E-state index in [0.717, 1.165) is 50.5 Å². The summed E-state index contributed by atoms with van der Waals surface area (Å²) in [7, 11) is 0. The molecule has 4 N–H and O–H groups in total. The van der Waals surface area contributed by atoms with Crippen LogP contribution in [0.4, 0.5) is 5.69 Å². The Hall–Kier alpha value is -2.20. The van der Waals surface area contributed by atoms with Gasteiger partial charge in [0.15, 0.2) is 6.29 Å². The van der Waals surface area contributed by atoms with Gasteiger partial charge in [0.05, 0.1) is 18.2 Å². The molecular weight excluding hydrogens is 520 g/mol. The zero-order valence-corrected chi connectivity index (χ0v) is 23.8. The third kappa shape index (κ3) is 7.72. The maximum absolute atomic E-state index is 14.0. The lowest BCUT2D eigenvalue weighted by molar-refractivity contribution is -0.141. The van der Waals surface area contributed by atoms with Crippen molar-refractivity contribution in [2.24, 2.45) is 5.92 Å². The van der Waals surface area contributed by atoms with Crippen LogP contribution in [0.3, 0.4) is 0 Å². The van der Waals surface area contributed by atoms with Gasteiger partial charge >= 0.3 is 0 Å². The van der Waals surface area contributed by atoms with Crippen LogP contribution >= 0.6 is 11.6 Å². The molecule has 10 heteroatoms. The molecule has 1 aliphatic carbocycles. The van der Waals surface area contributed by atoms with Gasteiger partial charge in [-0.3, -0.25) is 14.4 Å². The van der Waals surface area contributed by atoms with Crippen LogP contribution in [0.5, 0.6) is 0 Å².